The molecule has 0 saturated carbocycles. The van der Waals surface area contributed by atoms with Gasteiger partial charge in [0, 0.05) is 16.5 Å². The van der Waals surface area contributed by atoms with Crippen molar-refractivity contribution in [2.24, 2.45) is 0 Å². The third-order valence-corrected chi connectivity index (χ3v) is 5.36. The van der Waals surface area contributed by atoms with E-state index in [1.165, 1.54) is 29.6 Å². The molecular formula is C19H11F3N4O2S2. The van der Waals surface area contributed by atoms with Crippen molar-refractivity contribution in [3.8, 4) is 22.7 Å². The molecule has 1 amide bonds. The number of carbonyl (C=O) groups excluding carboxylic acids is 1. The standard InChI is InChI=1S/C19H11F3N4O2S2/c20-11-3-1-10(2-4-11)17-25-26-19(28-17)30-9-16(27)24-18-23-15(8-29-18)13-7-12(21)5-6-14(13)22/h1-8H,9H2,(H,23,24,27). The molecule has 11 heteroatoms. The van der Waals surface area contributed by atoms with Crippen LogP contribution in [0.1, 0.15) is 0 Å². The Balaban J connectivity index is 1.35. The number of hydrogen-bond acceptors (Lipinski definition) is 7. The van der Waals surface area contributed by atoms with Crippen molar-refractivity contribution in [1.82, 2.24) is 15.2 Å². The molecule has 6 nitrogen and oxygen atoms in total. The zero-order valence-electron chi connectivity index (χ0n) is 14.9. The van der Waals surface area contributed by atoms with Crippen molar-refractivity contribution in [2.45, 2.75) is 5.22 Å². The highest BCUT2D eigenvalue weighted by Gasteiger charge is 2.14. The van der Waals surface area contributed by atoms with E-state index in [1.54, 1.807) is 0 Å². The van der Waals surface area contributed by atoms with E-state index in [1.807, 2.05) is 0 Å². The lowest BCUT2D eigenvalue weighted by Gasteiger charge is -2.00. The number of rotatable bonds is 6. The summed E-state index contributed by atoms with van der Waals surface area (Å²) in [5.74, 6) is -1.78. The Morgan fingerprint density at radius 1 is 1.07 bits per heavy atom. The molecule has 0 spiro atoms. The summed E-state index contributed by atoms with van der Waals surface area (Å²) >= 11 is 2.10. The topological polar surface area (TPSA) is 80.9 Å². The fourth-order valence-electron chi connectivity index (χ4n) is 2.41. The van der Waals surface area contributed by atoms with Crippen LogP contribution in [0.25, 0.3) is 22.7 Å². The van der Waals surface area contributed by atoms with Crippen molar-refractivity contribution < 1.29 is 22.4 Å². The molecule has 2 aromatic carbocycles. The molecule has 4 aromatic rings. The van der Waals surface area contributed by atoms with Crippen LogP contribution in [0.5, 0.6) is 0 Å². The summed E-state index contributed by atoms with van der Waals surface area (Å²) in [4.78, 5) is 16.3. The van der Waals surface area contributed by atoms with Crippen LogP contribution in [0.4, 0.5) is 18.3 Å². The minimum Gasteiger partial charge on any atom is -0.411 e. The van der Waals surface area contributed by atoms with E-state index >= 15 is 0 Å². The monoisotopic (exact) mass is 448 g/mol. The van der Waals surface area contributed by atoms with Crippen molar-refractivity contribution in [1.29, 1.82) is 0 Å². The lowest BCUT2D eigenvalue weighted by atomic mass is 10.1. The summed E-state index contributed by atoms with van der Waals surface area (Å²) in [5, 5.41) is 12.2. The van der Waals surface area contributed by atoms with E-state index in [2.05, 4.69) is 20.5 Å². The Morgan fingerprint density at radius 3 is 2.63 bits per heavy atom. The SMILES string of the molecule is O=C(CSc1nnc(-c2ccc(F)cc2)o1)Nc1nc(-c2cc(F)ccc2F)cs1. The first kappa shape index (κ1) is 20.1. The van der Waals surface area contributed by atoms with Crippen LogP contribution in [-0.2, 0) is 4.79 Å². The van der Waals surface area contributed by atoms with Gasteiger partial charge in [-0.05, 0) is 42.5 Å². The first-order chi connectivity index (χ1) is 14.5. The molecule has 1 N–H and O–H groups in total. The zero-order chi connectivity index (χ0) is 21.1. The van der Waals surface area contributed by atoms with Gasteiger partial charge in [-0.15, -0.1) is 21.5 Å². The third kappa shape index (κ3) is 4.69. The van der Waals surface area contributed by atoms with E-state index in [4.69, 9.17) is 4.42 Å². The maximum absolute atomic E-state index is 13.8. The second-order valence-electron chi connectivity index (χ2n) is 5.88. The summed E-state index contributed by atoms with van der Waals surface area (Å²) in [6.07, 6.45) is 0. The third-order valence-electron chi connectivity index (χ3n) is 3.78. The number of nitrogens with zero attached hydrogens (tertiary/aromatic N) is 3. The molecule has 0 bridgehead atoms. The zero-order valence-corrected chi connectivity index (χ0v) is 16.6. The number of thioether (sulfide) groups is 1. The molecule has 2 aromatic heterocycles. The Labute approximate surface area is 176 Å². The molecule has 0 saturated heterocycles. The molecule has 0 aliphatic rings. The summed E-state index contributed by atoms with van der Waals surface area (Å²) < 4.78 is 45.6. The van der Waals surface area contributed by atoms with E-state index in [-0.39, 0.29) is 45.0 Å². The van der Waals surface area contributed by atoms with E-state index in [0.717, 1.165) is 41.3 Å². The Kier molecular flexibility index (Phi) is 5.81. The van der Waals surface area contributed by atoms with Crippen molar-refractivity contribution in [3.05, 3.63) is 65.3 Å². The number of carbonyl (C=O) groups is 1. The summed E-state index contributed by atoms with van der Waals surface area (Å²) in [5.41, 5.74) is 0.793. The molecule has 0 atom stereocenters. The highest BCUT2D eigenvalue weighted by molar-refractivity contribution is 7.99. The van der Waals surface area contributed by atoms with Gasteiger partial charge in [-0.3, -0.25) is 4.79 Å². The van der Waals surface area contributed by atoms with Gasteiger partial charge in [-0.1, -0.05) is 11.8 Å². The van der Waals surface area contributed by atoms with Gasteiger partial charge in [0.25, 0.3) is 5.22 Å². The van der Waals surface area contributed by atoms with Crippen molar-refractivity contribution in [3.63, 3.8) is 0 Å². The molecular weight excluding hydrogens is 437 g/mol. The average molecular weight is 448 g/mol. The summed E-state index contributed by atoms with van der Waals surface area (Å²) in [6, 6.07) is 8.64. The lowest BCUT2D eigenvalue weighted by Crippen LogP contribution is -2.13. The highest BCUT2D eigenvalue weighted by atomic mass is 32.2. The average Bonchev–Trinajstić information content (AvgIpc) is 3.39. The quantitative estimate of drug-likeness (QED) is 0.418. The minimum absolute atomic E-state index is 0.0142. The van der Waals surface area contributed by atoms with Crippen LogP contribution in [0.3, 0.4) is 0 Å². The van der Waals surface area contributed by atoms with Gasteiger partial charge >= 0.3 is 0 Å². The molecule has 4 rings (SSSR count). The highest BCUT2D eigenvalue weighted by Crippen LogP contribution is 2.28. The number of amides is 1. The number of nitrogens with one attached hydrogen (secondary N) is 1. The largest absolute Gasteiger partial charge is 0.411 e. The number of thiazole rings is 1. The number of halogens is 3. The minimum atomic E-state index is -0.608. The molecule has 30 heavy (non-hydrogen) atoms. The number of aromatic nitrogens is 3. The van der Waals surface area contributed by atoms with E-state index in [9.17, 15) is 18.0 Å². The number of anilines is 1. The van der Waals surface area contributed by atoms with Gasteiger partial charge in [-0.2, -0.15) is 0 Å². The van der Waals surface area contributed by atoms with Crippen LogP contribution >= 0.6 is 23.1 Å². The first-order valence-electron chi connectivity index (χ1n) is 8.41. The second-order valence-corrected chi connectivity index (χ2v) is 7.66. The molecule has 0 unspecified atom stereocenters. The summed E-state index contributed by atoms with van der Waals surface area (Å²) in [7, 11) is 0. The van der Waals surface area contributed by atoms with E-state index in [0.29, 0.717) is 5.56 Å². The smallest absolute Gasteiger partial charge is 0.277 e. The molecule has 2 heterocycles. The Bertz CT molecular complexity index is 1190. The normalized spacial score (nSPS) is 10.9. The van der Waals surface area contributed by atoms with Crippen LogP contribution in [0.15, 0.2) is 57.5 Å². The maximum atomic E-state index is 13.8. The van der Waals surface area contributed by atoms with Gasteiger partial charge < -0.3 is 9.73 Å². The Morgan fingerprint density at radius 2 is 1.83 bits per heavy atom. The summed E-state index contributed by atoms with van der Waals surface area (Å²) in [6.45, 7) is 0. The van der Waals surface area contributed by atoms with Gasteiger partial charge in [0.05, 0.1) is 11.4 Å². The van der Waals surface area contributed by atoms with Crippen molar-refractivity contribution in [2.75, 3.05) is 11.1 Å². The maximum Gasteiger partial charge on any atom is 0.277 e. The fraction of sp³-hybridized carbons (Fsp3) is 0.0526. The number of benzene rings is 2. The molecule has 0 fully saturated rings. The van der Waals surface area contributed by atoms with Crippen LogP contribution in [0.2, 0.25) is 0 Å². The Hall–Kier alpha value is -3.18. The second kappa shape index (κ2) is 8.67. The molecule has 0 aliphatic carbocycles. The van der Waals surface area contributed by atoms with Gasteiger partial charge in [0.15, 0.2) is 5.13 Å². The molecule has 152 valence electrons. The van der Waals surface area contributed by atoms with Crippen LogP contribution < -0.4 is 5.32 Å². The van der Waals surface area contributed by atoms with Gasteiger partial charge in [0.2, 0.25) is 11.8 Å². The predicted molar refractivity (Wildman–Crippen MR) is 107 cm³/mol. The van der Waals surface area contributed by atoms with Gasteiger partial charge in [-0.25, -0.2) is 18.2 Å². The predicted octanol–water partition coefficient (Wildman–Crippen LogP) is 5.01. The molecule has 0 aliphatic heterocycles. The first-order valence-corrected chi connectivity index (χ1v) is 10.3. The van der Waals surface area contributed by atoms with Crippen LogP contribution in [0, 0.1) is 17.5 Å². The van der Waals surface area contributed by atoms with E-state index < -0.39 is 11.6 Å². The number of hydrogen-bond donors (Lipinski definition) is 1. The van der Waals surface area contributed by atoms with Crippen molar-refractivity contribution >= 4 is 34.1 Å². The fourth-order valence-corrected chi connectivity index (χ4v) is 3.70. The lowest BCUT2D eigenvalue weighted by molar-refractivity contribution is -0.113. The van der Waals surface area contributed by atoms with Gasteiger partial charge in [0.1, 0.15) is 17.5 Å². The molecule has 0 radical (unpaired) electrons. The van der Waals surface area contributed by atoms with Crippen LogP contribution in [-0.4, -0.2) is 26.8 Å².